The van der Waals surface area contributed by atoms with Gasteiger partial charge in [0.15, 0.2) is 5.88 Å². The second kappa shape index (κ2) is 11.5. The number of anilines is 2. The van der Waals surface area contributed by atoms with Gasteiger partial charge in [-0.25, -0.2) is 0 Å². The number of aromatic nitrogens is 3. The maximum atomic E-state index is 12.6. The van der Waals surface area contributed by atoms with Crippen LogP contribution in [0.5, 0.6) is 5.88 Å². The smallest absolute Gasteiger partial charge is 0.273 e. The SMILES string of the molecule is Cc1cc(C(=O)Nc2ccc(Cc3ccc4[nH]c(O)c(C=Nc5ccc(N6CCN(C)CC6)cc5)c4c3)cc2)n(C)n1. The van der Waals surface area contributed by atoms with Crippen LogP contribution in [0.1, 0.15) is 32.9 Å². The van der Waals surface area contributed by atoms with Crippen molar-refractivity contribution in [2.45, 2.75) is 13.3 Å². The summed E-state index contributed by atoms with van der Waals surface area (Å²) in [6.07, 6.45) is 2.44. The monoisotopic (exact) mass is 561 g/mol. The number of benzene rings is 3. The molecule has 1 fully saturated rings. The summed E-state index contributed by atoms with van der Waals surface area (Å²) in [5, 5.41) is 18.7. The third-order valence-electron chi connectivity index (χ3n) is 7.80. The van der Waals surface area contributed by atoms with Gasteiger partial charge >= 0.3 is 0 Å². The van der Waals surface area contributed by atoms with E-state index in [4.69, 9.17) is 0 Å². The summed E-state index contributed by atoms with van der Waals surface area (Å²) in [5.41, 5.74) is 7.82. The van der Waals surface area contributed by atoms with Gasteiger partial charge in [-0.05, 0) is 86.1 Å². The van der Waals surface area contributed by atoms with E-state index < -0.39 is 0 Å². The summed E-state index contributed by atoms with van der Waals surface area (Å²) >= 11 is 0. The highest BCUT2D eigenvalue weighted by Gasteiger charge is 2.15. The number of aromatic amines is 1. The van der Waals surface area contributed by atoms with E-state index in [1.165, 1.54) is 5.69 Å². The van der Waals surface area contributed by atoms with Crippen molar-refractivity contribution in [3.8, 4) is 5.88 Å². The Bertz CT molecular complexity index is 1740. The number of H-pyrrole nitrogens is 1. The highest BCUT2D eigenvalue weighted by molar-refractivity contribution is 6.03. The number of amides is 1. The third kappa shape index (κ3) is 5.91. The van der Waals surface area contributed by atoms with Crippen molar-refractivity contribution in [1.82, 2.24) is 19.7 Å². The van der Waals surface area contributed by atoms with Crippen LogP contribution < -0.4 is 10.2 Å². The number of likely N-dealkylation sites (N-methyl/N-ethyl adjacent to an activating group) is 1. The number of aromatic hydroxyl groups is 1. The molecule has 5 aromatic rings. The molecule has 3 heterocycles. The third-order valence-corrected chi connectivity index (χ3v) is 7.80. The maximum absolute atomic E-state index is 12.6. The molecule has 42 heavy (non-hydrogen) atoms. The lowest BCUT2D eigenvalue weighted by Crippen LogP contribution is -2.44. The minimum Gasteiger partial charge on any atom is -0.494 e. The normalized spacial score (nSPS) is 14.2. The predicted molar refractivity (Wildman–Crippen MR) is 169 cm³/mol. The van der Waals surface area contributed by atoms with Crippen LogP contribution in [0.2, 0.25) is 0 Å². The molecule has 1 amide bonds. The van der Waals surface area contributed by atoms with Gasteiger partial charge in [-0.3, -0.25) is 14.5 Å². The molecule has 0 radical (unpaired) electrons. The van der Waals surface area contributed by atoms with Crippen LogP contribution in [-0.4, -0.2) is 70.1 Å². The Labute approximate surface area is 245 Å². The molecule has 214 valence electrons. The highest BCUT2D eigenvalue weighted by atomic mass is 16.3. The average molecular weight is 562 g/mol. The van der Waals surface area contributed by atoms with Gasteiger partial charge in [0, 0.05) is 61.7 Å². The molecule has 3 N–H and O–H groups in total. The first-order chi connectivity index (χ1) is 20.3. The number of hydrogen-bond donors (Lipinski definition) is 3. The lowest BCUT2D eigenvalue weighted by molar-refractivity contribution is 0.101. The quantitative estimate of drug-likeness (QED) is 0.235. The molecule has 6 rings (SSSR count). The number of fused-ring (bicyclic) bond motifs is 1. The zero-order valence-electron chi connectivity index (χ0n) is 24.1. The van der Waals surface area contributed by atoms with E-state index in [0.717, 1.165) is 65.3 Å². The summed E-state index contributed by atoms with van der Waals surface area (Å²) in [6, 6.07) is 24.0. The van der Waals surface area contributed by atoms with Crippen molar-refractivity contribution >= 4 is 40.1 Å². The van der Waals surface area contributed by atoms with Gasteiger partial charge in [0.1, 0.15) is 5.69 Å². The summed E-state index contributed by atoms with van der Waals surface area (Å²) in [6.45, 7) is 6.05. The first-order valence-corrected chi connectivity index (χ1v) is 14.1. The lowest BCUT2D eigenvalue weighted by atomic mass is 10.0. The molecule has 0 atom stereocenters. The van der Waals surface area contributed by atoms with Crippen molar-refractivity contribution in [2.75, 3.05) is 43.4 Å². The molecule has 0 aliphatic carbocycles. The maximum Gasteiger partial charge on any atom is 0.273 e. The number of rotatable bonds is 7. The van der Waals surface area contributed by atoms with Crippen molar-refractivity contribution in [2.24, 2.45) is 12.0 Å². The van der Waals surface area contributed by atoms with Crippen LogP contribution in [0.4, 0.5) is 17.1 Å². The Morgan fingerprint density at radius 1 is 0.976 bits per heavy atom. The van der Waals surface area contributed by atoms with Crippen LogP contribution in [0, 0.1) is 6.92 Å². The van der Waals surface area contributed by atoms with E-state index in [9.17, 15) is 9.90 Å². The van der Waals surface area contributed by atoms with Gasteiger partial charge in [-0.2, -0.15) is 5.10 Å². The molecule has 0 saturated carbocycles. The summed E-state index contributed by atoms with van der Waals surface area (Å²) in [5.74, 6) is -0.0904. The predicted octanol–water partition coefficient (Wildman–Crippen LogP) is 5.26. The molecule has 1 aliphatic rings. The number of hydrogen-bond acceptors (Lipinski definition) is 6. The minimum atomic E-state index is -0.191. The number of nitrogens with zero attached hydrogens (tertiary/aromatic N) is 5. The van der Waals surface area contributed by atoms with Crippen molar-refractivity contribution in [1.29, 1.82) is 0 Å². The standard InChI is InChI=1S/C33H35N7O2/c1-22-18-31(39(3)37-22)33(42)35-26-7-4-23(5-8-26)19-24-6-13-30-28(20-24)29(32(41)36-30)21-34-25-9-11-27(12-10-25)40-16-14-38(2)15-17-40/h4-13,18,20-21,36,41H,14-17,19H2,1-3H3,(H,35,42). The van der Waals surface area contributed by atoms with E-state index in [2.05, 4.69) is 61.5 Å². The average Bonchev–Trinajstić information content (AvgIpc) is 3.50. The number of nitrogens with one attached hydrogen (secondary N) is 2. The summed E-state index contributed by atoms with van der Waals surface area (Å²) < 4.78 is 1.58. The topological polar surface area (TPSA) is 102 Å². The molecule has 0 unspecified atom stereocenters. The van der Waals surface area contributed by atoms with Gasteiger partial charge in [-0.1, -0.05) is 18.2 Å². The van der Waals surface area contributed by atoms with Gasteiger partial charge < -0.3 is 25.2 Å². The molecule has 0 spiro atoms. The second-order valence-corrected chi connectivity index (χ2v) is 11.0. The molecular formula is C33H35N7O2. The molecular weight excluding hydrogens is 526 g/mol. The van der Waals surface area contributed by atoms with Gasteiger partial charge in [0.05, 0.1) is 16.9 Å². The number of aliphatic imine (C=N–C) groups is 1. The first kappa shape index (κ1) is 27.3. The van der Waals surface area contributed by atoms with E-state index in [1.807, 2.05) is 49.4 Å². The first-order valence-electron chi connectivity index (χ1n) is 14.1. The number of carbonyl (C=O) groups excluding carboxylic acids is 1. The lowest BCUT2D eigenvalue weighted by Gasteiger charge is -2.34. The van der Waals surface area contributed by atoms with Crippen LogP contribution in [0.3, 0.4) is 0 Å². The Hall–Kier alpha value is -4.89. The molecule has 2 aromatic heterocycles. The number of aryl methyl sites for hydroxylation is 2. The Balaban J connectivity index is 1.14. The second-order valence-electron chi connectivity index (χ2n) is 11.0. The molecule has 9 heteroatoms. The van der Waals surface area contributed by atoms with Crippen molar-refractivity contribution in [3.05, 3.63) is 101 Å². The van der Waals surface area contributed by atoms with Crippen LogP contribution >= 0.6 is 0 Å². The summed E-state index contributed by atoms with van der Waals surface area (Å²) in [4.78, 5) is 25.1. The summed E-state index contributed by atoms with van der Waals surface area (Å²) in [7, 11) is 3.92. The Morgan fingerprint density at radius 2 is 1.69 bits per heavy atom. The van der Waals surface area contributed by atoms with Gasteiger partial charge in [0.25, 0.3) is 5.91 Å². The molecule has 9 nitrogen and oxygen atoms in total. The van der Waals surface area contributed by atoms with E-state index in [-0.39, 0.29) is 11.8 Å². The number of carbonyl (C=O) groups is 1. The Morgan fingerprint density at radius 3 is 2.38 bits per heavy atom. The molecule has 0 bridgehead atoms. The fourth-order valence-electron chi connectivity index (χ4n) is 5.40. The van der Waals surface area contributed by atoms with Crippen LogP contribution in [0.25, 0.3) is 10.9 Å². The van der Waals surface area contributed by atoms with Crippen molar-refractivity contribution < 1.29 is 9.90 Å². The fraction of sp³-hybridized carbons (Fsp3) is 0.242. The number of piperazine rings is 1. The van der Waals surface area contributed by atoms with E-state index in [1.54, 1.807) is 24.0 Å². The largest absolute Gasteiger partial charge is 0.494 e. The Kier molecular flexibility index (Phi) is 7.50. The zero-order chi connectivity index (χ0) is 29.2. The van der Waals surface area contributed by atoms with Crippen molar-refractivity contribution in [3.63, 3.8) is 0 Å². The van der Waals surface area contributed by atoms with Crippen LogP contribution in [-0.2, 0) is 13.5 Å². The molecule has 1 saturated heterocycles. The molecule has 1 aliphatic heterocycles. The van der Waals surface area contributed by atoms with E-state index in [0.29, 0.717) is 17.7 Å². The minimum absolute atomic E-state index is 0.101. The van der Waals surface area contributed by atoms with E-state index >= 15 is 0 Å². The zero-order valence-corrected chi connectivity index (χ0v) is 24.1. The van der Waals surface area contributed by atoms with Crippen LogP contribution in [0.15, 0.2) is 77.8 Å². The van der Waals surface area contributed by atoms with Gasteiger partial charge in [0.2, 0.25) is 0 Å². The fourth-order valence-corrected chi connectivity index (χ4v) is 5.40. The molecule has 3 aromatic carbocycles. The highest BCUT2D eigenvalue weighted by Crippen LogP contribution is 2.29. The van der Waals surface area contributed by atoms with Gasteiger partial charge in [-0.15, -0.1) is 0 Å².